The van der Waals surface area contributed by atoms with E-state index < -0.39 is 11.1 Å². The summed E-state index contributed by atoms with van der Waals surface area (Å²) in [7, 11) is 1.41. The zero-order valence-corrected chi connectivity index (χ0v) is 10.5. The Bertz CT molecular complexity index is 940. The van der Waals surface area contributed by atoms with Crippen LogP contribution >= 0.6 is 0 Å². The Kier molecular flexibility index (Phi) is 2.68. The fourth-order valence-electron chi connectivity index (χ4n) is 2.22. The largest absolute Gasteiger partial charge is 0.507 e. The maximum Gasteiger partial charge on any atom is 0.344 e. The molecular weight excluding hydrogens is 260 g/mol. The maximum atomic E-state index is 12.6. The lowest BCUT2D eigenvalue weighted by Gasteiger charge is -2.00. The lowest BCUT2D eigenvalue weighted by atomic mass is 10.1. The molecule has 0 aliphatic rings. The van der Waals surface area contributed by atoms with Gasteiger partial charge in [-0.1, -0.05) is 12.1 Å². The van der Waals surface area contributed by atoms with Crippen molar-refractivity contribution in [3.63, 3.8) is 0 Å². The lowest BCUT2D eigenvalue weighted by molar-refractivity contribution is 0.419. The van der Waals surface area contributed by atoms with Crippen LogP contribution in [0.5, 0.6) is 11.5 Å². The van der Waals surface area contributed by atoms with Crippen LogP contribution in [0.2, 0.25) is 0 Å². The minimum atomic E-state index is -0.656. The SMILES string of the molecule is COc1cccc2c(=O)oc3cccc(O)c3c(=O)c12. The van der Waals surface area contributed by atoms with Gasteiger partial charge in [-0.15, -0.1) is 0 Å². The topological polar surface area (TPSA) is 76.7 Å². The molecule has 5 nitrogen and oxygen atoms in total. The zero-order chi connectivity index (χ0) is 14.3. The van der Waals surface area contributed by atoms with Gasteiger partial charge in [-0.3, -0.25) is 4.79 Å². The van der Waals surface area contributed by atoms with E-state index in [1.54, 1.807) is 12.1 Å². The second kappa shape index (κ2) is 4.38. The molecule has 0 amide bonds. The molecule has 1 aromatic heterocycles. The van der Waals surface area contributed by atoms with E-state index in [2.05, 4.69) is 0 Å². The summed E-state index contributed by atoms with van der Waals surface area (Å²) in [6, 6.07) is 8.99. The number of methoxy groups -OCH3 is 1. The van der Waals surface area contributed by atoms with Crippen LogP contribution in [0.4, 0.5) is 0 Å². The smallest absolute Gasteiger partial charge is 0.344 e. The molecule has 0 aliphatic heterocycles. The molecule has 100 valence electrons. The highest BCUT2D eigenvalue weighted by Crippen LogP contribution is 2.25. The first kappa shape index (κ1) is 12.2. The van der Waals surface area contributed by atoms with E-state index >= 15 is 0 Å². The van der Waals surface area contributed by atoms with Gasteiger partial charge in [0.1, 0.15) is 22.5 Å². The molecule has 0 aliphatic carbocycles. The number of rotatable bonds is 1. The summed E-state index contributed by atoms with van der Waals surface area (Å²) < 4.78 is 10.3. The van der Waals surface area contributed by atoms with E-state index in [0.29, 0.717) is 0 Å². The molecule has 2 aromatic carbocycles. The van der Waals surface area contributed by atoms with Crippen LogP contribution in [0.3, 0.4) is 0 Å². The van der Waals surface area contributed by atoms with Crippen LogP contribution in [0.15, 0.2) is 50.4 Å². The molecule has 5 heteroatoms. The first-order valence-electron chi connectivity index (χ1n) is 5.89. The van der Waals surface area contributed by atoms with E-state index in [9.17, 15) is 14.7 Å². The highest BCUT2D eigenvalue weighted by atomic mass is 16.5. The maximum absolute atomic E-state index is 12.6. The molecule has 0 spiro atoms. The molecule has 0 radical (unpaired) electrons. The van der Waals surface area contributed by atoms with E-state index in [0.717, 1.165) is 0 Å². The van der Waals surface area contributed by atoms with Crippen molar-refractivity contribution < 1.29 is 14.3 Å². The van der Waals surface area contributed by atoms with Crippen LogP contribution in [-0.4, -0.2) is 12.2 Å². The van der Waals surface area contributed by atoms with E-state index in [1.165, 1.54) is 31.4 Å². The molecule has 0 bridgehead atoms. The third kappa shape index (κ3) is 1.64. The quantitative estimate of drug-likeness (QED) is 0.732. The van der Waals surface area contributed by atoms with Gasteiger partial charge in [0.05, 0.1) is 17.9 Å². The second-order valence-electron chi connectivity index (χ2n) is 4.25. The van der Waals surface area contributed by atoms with Crippen LogP contribution in [-0.2, 0) is 0 Å². The average Bonchev–Trinajstić information content (AvgIpc) is 2.56. The van der Waals surface area contributed by atoms with Crippen molar-refractivity contribution >= 4 is 21.7 Å². The molecule has 3 rings (SSSR count). The number of fused-ring (bicyclic) bond motifs is 2. The molecule has 0 fully saturated rings. The molecule has 20 heavy (non-hydrogen) atoms. The predicted molar refractivity (Wildman–Crippen MR) is 74.5 cm³/mol. The molecule has 0 saturated carbocycles. The van der Waals surface area contributed by atoms with Crippen LogP contribution in [0.25, 0.3) is 21.7 Å². The number of benzene rings is 2. The van der Waals surface area contributed by atoms with Gasteiger partial charge in [0, 0.05) is 0 Å². The van der Waals surface area contributed by atoms with Gasteiger partial charge in [0.25, 0.3) is 0 Å². The van der Waals surface area contributed by atoms with Gasteiger partial charge >= 0.3 is 5.63 Å². The van der Waals surface area contributed by atoms with Crippen LogP contribution in [0, 0.1) is 0 Å². The van der Waals surface area contributed by atoms with Crippen molar-refractivity contribution in [1.82, 2.24) is 0 Å². The number of phenolic OH excluding ortho intramolecular Hbond substituents is 1. The minimum Gasteiger partial charge on any atom is -0.507 e. The van der Waals surface area contributed by atoms with Gasteiger partial charge in [0.2, 0.25) is 5.43 Å². The van der Waals surface area contributed by atoms with Gasteiger partial charge < -0.3 is 14.3 Å². The summed E-state index contributed by atoms with van der Waals surface area (Å²) in [5.74, 6) is 0.0274. The fraction of sp³-hybridized carbons (Fsp3) is 0.0667. The number of phenols is 1. The summed E-state index contributed by atoms with van der Waals surface area (Å²) in [5.41, 5.74) is -1.12. The third-order valence-electron chi connectivity index (χ3n) is 3.13. The molecule has 0 atom stereocenters. The Hall–Kier alpha value is -2.82. The fourth-order valence-corrected chi connectivity index (χ4v) is 2.22. The van der Waals surface area contributed by atoms with Gasteiger partial charge in [-0.25, -0.2) is 4.79 Å². The molecule has 0 unspecified atom stereocenters. The highest BCUT2D eigenvalue weighted by molar-refractivity contribution is 5.95. The Labute approximate surface area is 112 Å². The Balaban J connectivity index is 2.78. The summed E-state index contributed by atoms with van der Waals surface area (Å²) in [5, 5.41) is 10.0. The second-order valence-corrected chi connectivity index (χ2v) is 4.25. The minimum absolute atomic E-state index is 0.0379. The number of hydrogen-bond acceptors (Lipinski definition) is 5. The van der Waals surface area contributed by atoms with E-state index in [-0.39, 0.29) is 33.2 Å². The van der Waals surface area contributed by atoms with E-state index in [1.807, 2.05) is 0 Å². The standard InChI is InChI=1S/C15H10O5/c1-19-10-6-2-4-8-12(10)14(17)13-9(16)5-3-7-11(13)20-15(8)18/h2-7,16H,1H3. The molecule has 1 N–H and O–H groups in total. The average molecular weight is 270 g/mol. The molecule has 0 saturated heterocycles. The summed E-state index contributed by atoms with van der Waals surface area (Å²) in [4.78, 5) is 24.7. The van der Waals surface area contributed by atoms with Gasteiger partial charge in [0.15, 0.2) is 0 Å². The Morgan fingerprint density at radius 1 is 1.05 bits per heavy atom. The number of hydrogen-bond donors (Lipinski definition) is 1. The first-order valence-corrected chi connectivity index (χ1v) is 5.89. The van der Waals surface area contributed by atoms with Crippen LogP contribution in [0.1, 0.15) is 0 Å². The zero-order valence-electron chi connectivity index (χ0n) is 10.5. The van der Waals surface area contributed by atoms with Crippen molar-refractivity contribution in [2.75, 3.05) is 7.11 Å². The molecule has 3 aromatic rings. The number of ether oxygens (including phenoxy) is 1. The van der Waals surface area contributed by atoms with Crippen molar-refractivity contribution in [3.05, 3.63) is 57.0 Å². The van der Waals surface area contributed by atoms with Crippen molar-refractivity contribution in [2.45, 2.75) is 0 Å². The summed E-state index contributed by atoms with van der Waals surface area (Å²) in [6.45, 7) is 0. The summed E-state index contributed by atoms with van der Waals surface area (Å²) >= 11 is 0. The van der Waals surface area contributed by atoms with Crippen LogP contribution < -0.4 is 15.8 Å². The summed E-state index contributed by atoms with van der Waals surface area (Å²) in [6.07, 6.45) is 0. The monoisotopic (exact) mass is 270 g/mol. The van der Waals surface area contributed by atoms with Gasteiger partial charge in [-0.05, 0) is 24.3 Å². The first-order chi connectivity index (χ1) is 9.63. The Morgan fingerprint density at radius 2 is 1.80 bits per heavy atom. The number of aromatic hydroxyl groups is 1. The highest BCUT2D eigenvalue weighted by Gasteiger charge is 2.14. The van der Waals surface area contributed by atoms with Crippen molar-refractivity contribution in [1.29, 1.82) is 0 Å². The van der Waals surface area contributed by atoms with Crippen molar-refractivity contribution in [3.8, 4) is 11.5 Å². The molecular formula is C15H10O5. The predicted octanol–water partition coefficient (Wildman–Crippen LogP) is 2.02. The van der Waals surface area contributed by atoms with Crippen molar-refractivity contribution in [2.24, 2.45) is 0 Å². The lowest BCUT2D eigenvalue weighted by Crippen LogP contribution is -2.03. The third-order valence-corrected chi connectivity index (χ3v) is 3.13. The van der Waals surface area contributed by atoms with Gasteiger partial charge in [-0.2, -0.15) is 0 Å². The molecule has 1 heterocycles. The normalized spacial score (nSPS) is 10.8. The Morgan fingerprint density at radius 3 is 2.55 bits per heavy atom. The van der Waals surface area contributed by atoms with E-state index in [4.69, 9.17) is 9.15 Å².